The SMILES string of the molecule is CNCc1ccc(OCc2ccc(C#N)cc2F)c(Br)c1. The van der Waals surface area contributed by atoms with Gasteiger partial charge in [0.05, 0.1) is 16.1 Å². The fourth-order valence-corrected chi connectivity index (χ4v) is 2.41. The predicted molar refractivity (Wildman–Crippen MR) is 82.4 cm³/mol. The number of benzene rings is 2. The van der Waals surface area contributed by atoms with Gasteiger partial charge in [-0.15, -0.1) is 0 Å². The van der Waals surface area contributed by atoms with Crippen molar-refractivity contribution in [2.45, 2.75) is 13.2 Å². The number of rotatable bonds is 5. The highest BCUT2D eigenvalue weighted by atomic mass is 79.9. The fraction of sp³-hybridized carbons (Fsp3) is 0.188. The summed E-state index contributed by atoms with van der Waals surface area (Å²) in [6, 6.07) is 12.0. The van der Waals surface area contributed by atoms with Gasteiger partial charge >= 0.3 is 0 Å². The maximum absolute atomic E-state index is 13.8. The van der Waals surface area contributed by atoms with Crippen molar-refractivity contribution in [2.24, 2.45) is 0 Å². The summed E-state index contributed by atoms with van der Waals surface area (Å²) in [7, 11) is 1.88. The van der Waals surface area contributed by atoms with E-state index < -0.39 is 5.82 Å². The average Bonchev–Trinajstić information content (AvgIpc) is 2.48. The molecule has 2 rings (SSSR count). The molecule has 0 amide bonds. The highest BCUT2D eigenvalue weighted by Crippen LogP contribution is 2.27. The molecule has 0 aromatic heterocycles. The first-order valence-electron chi connectivity index (χ1n) is 6.38. The first-order chi connectivity index (χ1) is 10.1. The van der Waals surface area contributed by atoms with Crippen molar-refractivity contribution >= 4 is 15.9 Å². The van der Waals surface area contributed by atoms with E-state index in [1.54, 1.807) is 12.1 Å². The van der Waals surface area contributed by atoms with E-state index in [4.69, 9.17) is 10.00 Å². The van der Waals surface area contributed by atoms with Crippen molar-refractivity contribution in [3.8, 4) is 11.8 Å². The molecule has 0 aliphatic heterocycles. The molecule has 0 bridgehead atoms. The Kier molecular flexibility index (Phi) is 5.32. The van der Waals surface area contributed by atoms with Crippen LogP contribution in [0, 0.1) is 17.1 Å². The van der Waals surface area contributed by atoms with Crippen molar-refractivity contribution in [3.63, 3.8) is 0 Å². The van der Waals surface area contributed by atoms with Gasteiger partial charge in [-0.2, -0.15) is 5.26 Å². The quantitative estimate of drug-likeness (QED) is 0.894. The molecule has 108 valence electrons. The Bertz CT molecular complexity index is 682. The minimum atomic E-state index is -0.433. The molecular weight excluding hydrogens is 335 g/mol. The maximum Gasteiger partial charge on any atom is 0.134 e. The lowest BCUT2D eigenvalue weighted by Crippen LogP contribution is -2.05. The minimum absolute atomic E-state index is 0.113. The predicted octanol–water partition coefficient (Wildman–Crippen LogP) is 3.76. The number of nitriles is 1. The van der Waals surface area contributed by atoms with Gasteiger partial charge in [0, 0.05) is 12.1 Å². The second-order valence-corrected chi connectivity index (χ2v) is 5.36. The van der Waals surface area contributed by atoms with E-state index in [1.807, 2.05) is 31.3 Å². The minimum Gasteiger partial charge on any atom is -0.488 e. The zero-order valence-electron chi connectivity index (χ0n) is 11.5. The van der Waals surface area contributed by atoms with Gasteiger partial charge < -0.3 is 10.1 Å². The Balaban J connectivity index is 2.08. The van der Waals surface area contributed by atoms with Crippen LogP contribution in [0.25, 0.3) is 0 Å². The zero-order valence-corrected chi connectivity index (χ0v) is 13.1. The molecule has 5 heteroatoms. The molecule has 2 aromatic rings. The summed E-state index contributed by atoms with van der Waals surface area (Å²) in [5, 5.41) is 11.8. The van der Waals surface area contributed by atoms with E-state index in [0.29, 0.717) is 16.9 Å². The molecule has 1 N–H and O–H groups in total. The van der Waals surface area contributed by atoms with Crippen LogP contribution >= 0.6 is 15.9 Å². The van der Waals surface area contributed by atoms with Crippen molar-refractivity contribution in [3.05, 3.63) is 63.4 Å². The van der Waals surface area contributed by atoms with Gasteiger partial charge in [-0.25, -0.2) is 4.39 Å². The molecule has 0 aliphatic carbocycles. The third-order valence-corrected chi connectivity index (χ3v) is 3.56. The highest BCUT2D eigenvalue weighted by molar-refractivity contribution is 9.10. The van der Waals surface area contributed by atoms with E-state index >= 15 is 0 Å². The van der Waals surface area contributed by atoms with Gasteiger partial charge in [0.1, 0.15) is 18.2 Å². The lowest BCUT2D eigenvalue weighted by molar-refractivity contribution is 0.298. The molecular formula is C16H14BrFN2O. The largest absolute Gasteiger partial charge is 0.488 e. The topological polar surface area (TPSA) is 45.0 Å². The van der Waals surface area contributed by atoms with Crippen molar-refractivity contribution in [1.29, 1.82) is 5.26 Å². The number of hydrogen-bond acceptors (Lipinski definition) is 3. The van der Waals surface area contributed by atoms with Crippen LogP contribution in [0.3, 0.4) is 0 Å². The molecule has 0 saturated heterocycles. The molecule has 2 aromatic carbocycles. The summed E-state index contributed by atoms with van der Waals surface area (Å²) in [5.74, 6) is 0.218. The highest BCUT2D eigenvalue weighted by Gasteiger charge is 2.07. The van der Waals surface area contributed by atoms with Gasteiger partial charge in [-0.3, -0.25) is 0 Å². The summed E-state index contributed by atoms with van der Waals surface area (Å²) in [5.41, 5.74) is 1.84. The van der Waals surface area contributed by atoms with Gasteiger partial charge in [-0.1, -0.05) is 12.1 Å². The molecule has 0 atom stereocenters. The van der Waals surface area contributed by atoms with Crippen LogP contribution in [0.5, 0.6) is 5.75 Å². The van der Waals surface area contributed by atoms with E-state index in [1.165, 1.54) is 6.07 Å². The van der Waals surface area contributed by atoms with Crippen LogP contribution < -0.4 is 10.1 Å². The lowest BCUT2D eigenvalue weighted by Gasteiger charge is -2.10. The standard InChI is InChI=1S/C16H14BrFN2O/c1-20-9-12-3-5-16(14(17)6-12)21-10-13-4-2-11(8-19)7-15(13)18/h2-7,20H,9-10H2,1H3. The normalized spacial score (nSPS) is 10.2. The van der Waals surface area contributed by atoms with Gasteiger partial charge in [-0.05, 0) is 52.8 Å². The number of halogens is 2. The molecule has 0 aliphatic rings. The van der Waals surface area contributed by atoms with Crippen LogP contribution in [0.15, 0.2) is 40.9 Å². The smallest absolute Gasteiger partial charge is 0.134 e. The van der Waals surface area contributed by atoms with Gasteiger partial charge in [0.25, 0.3) is 0 Å². The third-order valence-electron chi connectivity index (χ3n) is 2.94. The number of ether oxygens (including phenoxy) is 1. The van der Waals surface area contributed by atoms with E-state index in [-0.39, 0.29) is 6.61 Å². The van der Waals surface area contributed by atoms with E-state index in [2.05, 4.69) is 21.2 Å². The summed E-state index contributed by atoms with van der Waals surface area (Å²) in [6.45, 7) is 0.880. The molecule has 0 fully saturated rings. The van der Waals surface area contributed by atoms with Crippen molar-refractivity contribution in [1.82, 2.24) is 5.32 Å². The molecule has 0 saturated carbocycles. The van der Waals surface area contributed by atoms with Gasteiger partial charge in [0.15, 0.2) is 0 Å². The van der Waals surface area contributed by atoms with Crippen LogP contribution in [0.2, 0.25) is 0 Å². The Morgan fingerprint density at radius 3 is 2.71 bits per heavy atom. The Labute approximate surface area is 131 Å². The van der Waals surface area contributed by atoms with Crippen LogP contribution in [0.4, 0.5) is 4.39 Å². The monoisotopic (exact) mass is 348 g/mol. The van der Waals surface area contributed by atoms with Crippen LogP contribution in [-0.2, 0) is 13.2 Å². The zero-order chi connectivity index (χ0) is 15.2. The molecule has 0 heterocycles. The number of hydrogen-bond donors (Lipinski definition) is 1. The lowest BCUT2D eigenvalue weighted by atomic mass is 10.1. The average molecular weight is 349 g/mol. The molecule has 0 unspecified atom stereocenters. The van der Waals surface area contributed by atoms with Crippen LogP contribution in [0.1, 0.15) is 16.7 Å². The summed E-state index contributed by atoms with van der Waals surface area (Å²) in [4.78, 5) is 0. The Morgan fingerprint density at radius 2 is 2.10 bits per heavy atom. The number of nitrogens with one attached hydrogen (secondary N) is 1. The van der Waals surface area contributed by atoms with E-state index in [0.717, 1.165) is 16.6 Å². The first-order valence-corrected chi connectivity index (χ1v) is 7.17. The van der Waals surface area contributed by atoms with Gasteiger partial charge in [0.2, 0.25) is 0 Å². The Morgan fingerprint density at radius 1 is 1.29 bits per heavy atom. The molecule has 0 spiro atoms. The molecule has 3 nitrogen and oxygen atoms in total. The number of nitrogens with zero attached hydrogens (tertiary/aromatic N) is 1. The maximum atomic E-state index is 13.8. The third kappa shape index (κ3) is 4.03. The fourth-order valence-electron chi connectivity index (χ4n) is 1.86. The summed E-state index contributed by atoms with van der Waals surface area (Å²) < 4.78 is 20.2. The Hall–Kier alpha value is -1.90. The molecule has 21 heavy (non-hydrogen) atoms. The second-order valence-electron chi connectivity index (χ2n) is 4.50. The summed E-state index contributed by atoms with van der Waals surface area (Å²) >= 11 is 3.44. The van der Waals surface area contributed by atoms with Crippen molar-refractivity contribution in [2.75, 3.05) is 7.05 Å². The van der Waals surface area contributed by atoms with Crippen molar-refractivity contribution < 1.29 is 9.13 Å². The summed E-state index contributed by atoms with van der Waals surface area (Å²) in [6.07, 6.45) is 0. The first kappa shape index (κ1) is 15.5. The second kappa shape index (κ2) is 7.21. The van der Waals surface area contributed by atoms with Crippen LogP contribution in [-0.4, -0.2) is 7.05 Å². The molecule has 0 radical (unpaired) electrons. The van der Waals surface area contributed by atoms with E-state index in [9.17, 15) is 4.39 Å².